The minimum Gasteiger partial charge on any atom is -0.481 e. The summed E-state index contributed by atoms with van der Waals surface area (Å²) in [5.74, 6) is -2.14. The van der Waals surface area contributed by atoms with Gasteiger partial charge in [0.25, 0.3) is 5.91 Å². The number of hydrogen-bond donors (Lipinski definition) is 3. The summed E-state index contributed by atoms with van der Waals surface area (Å²) in [7, 11) is 0. The fraction of sp³-hybridized carbons (Fsp3) is 0.292. The number of H-pyrrole nitrogens is 1. The van der Waals surface area contributed by atoms with Gasteiger partial charge in [-0.05, 0) is 36.5 Å². The quantitative estimate of drug-likeness (QED) is 0.404. The topological polar surface area (TPSA) is 134 Å². The number of carboxylic acid groups (broad SMARTS) is 1. The molecule has 0 saturated carbocycles. The van der Waals surface area contributed by atoms with Gasteiger partial charge in [-0.1, -0.05) is 59.8 Å². The summed E-state index contributed by atoms with van der Waals surface area (Å²) in [6.07, 6.45) is 1.71. The highest BCUT2D eigenvalue weighted by Gasteiger charge is 2.38. The third-order valence-electron chi connectivity index (χ3n) is 5.35. The molecule has 33 heavy (non-hydrogen) atoms. The largest absolute Gasteiger partial charge is 0.481 e. The molecule has 0 aliphatic carbocycles. The number of ether oxygens (including phenoxy) is 1. The van der Waals surface area contributed by atoms with Gasteiger partial charge in [-0.2, -0.15) is 0 Å². The number of aliphatic carboxylic acids is 1. The fourth-order valence-corrected chi connectivity index (χ4v) is 3.51. The molecule has 3 rings (SSSR count). The molecular formula is C24H26N4O5. The van der Waals surface area contributed by atoms with Crippen LogP contribution in [-0.2, 0) is 20.7 Å². The van der Waals surface area contributed by atoms with E-state index in [1.165, 1.54) is 20.0 Å². The lowest BCUT2D eigenvalue weighted by atomic mass is 9.82. The summed E-state index contributed by atoms with van der Waals surface area (Å²) in [5, 5.41) is 22.3. The Morgan fingerprint density at radius 3 is 2.33 bits per heavy atom. The van der Waals surface area contributed by atoms with E-state index in [1.54, 1.807) is 0 Å². The first kappa shape index (κ1) is 23.6. The second-order valence-electron chi connectivity index (χ2n) is 8.16. The number of aromatic nitrogens is 3. The van der Waals surface area contributed by atoms with Crippen LogP contribution >= 0.6 is 0 Å². The monoisotopic (exact) mass is 450 g/mol. The van der Waals surface area contributed by atoms with Crippen molar-refractivity contribution in [2.75, 3.05) is 6.61 Å². The van der Waals surface area contributed by atoms with Crippen molar-refractivity contribution in [3.63, 3.8) is 0 Å². The fourth-order valence-electron chi connectivity index (χ4n) is 3.51. The van der Waals surface area contributed by atoms with Gasteiger partial charge >= 0.3 is 11.9 Å². The Labute approximate surface area is 191 Å². The van der Waals surface area contributed by atoms with Crippen LogP contribution < -0.4 is 5.32 Å². The van der Waals surface area contributed by atoms with E-state index < -0.39 is 29.3 Å². The highest BCUT2D eigenvalue weighted by Crippen LogP contribution is 2.27. The molecule has 2 atom stereocenters. The molecule has 0 radical (unpaired) electrons. The van der Waals surface area contributed by atoms with Gasteiger partial charge in [0.2, 0.25) is 0 Å². The minimum atomic E-state index is -1.39. The lowest BCUT2D eigenvalue weighted by Gasteiger charge is -2.29. The first-order valence-corrected chi connectivity index (χ1v) is 10.4. The van der Waals surface area contributed by atoms with Gasteiger partial charge in [0.05, 0.1) is 6.20 Å². The Kier molecular flexibility index (Phi) is 7.55. The maximum atomic E-state index is 12.6. The number of nitrogens with one attached hydrogen (secondary N) is 2. The highest BCUT2D eigenvalue weighted by molar-refractivity contribution is 5.92. The van der Waals surface area contributed by atoms with E-state index >= 15 is 0 Å². The number of nitrogens with zero attached hydrogens (tertiary/aromatic N) is 2. The van der Waals surface area contributed by atoms with Crippen LogP contribution in [0.2, 0.25) is 0 Å². The SMILES string of the molecule is CC(=O)OCC(C)(C[C@@H](Cc1ccc(-c2ccccc2)cc1)NC(=O)c1cnn[nH]1)C(=O)O. The molecule has 1 unspecified atom stereocenters. The van der Waals surface area contributed by atoms with E-state index in [0.29, 0.717) is 6.42 Å². The third kappa shape index (κ3) is 6.49. The van der Waals surface area contributed by atoms with Crippen molar-refractivity contribution in [2.24, 2.45) is 5.41 Å². The van der Waals surface area contributed by atoms with E-state index in [4.69, 9.17) is 4.74 Å². The van der Waals surface area contributed by atoms with Gasteiger partial charge in [-0.15, -0.1) is 5.10 Å². The Morgan fingerprint density at radius 2 is 1.76 bits per heavy atom. The minimum absolute atomic E-state index is 0.0450. The number of hydrogen-bond acceptors (Lipinski definition) is 6. The molecule has 0 aliphatic heterocycles. The zero-order valence-electron chi connectivity index (χ0n) is 18.4. The zero-order valence-corrected chi connectivity index (χ0v) is 18.4. The Morgan fingerprint density at radius 1 is 1.09 bits per heavy atom. The standard InChI is InChI=1S/C24H26N4O5/c1-16(29)33-15-24(2,23(31)32)13-20(26-22(30)21-14-25-28-27-21)12-17-8-10-19(11-9-17)18-6-4-3-5-7-18/h3-11,14,20H,12-13,15H2,1-2H3,(H,26,30)(H,31,32)(H,25,27,28)/t20-,24?/m1/s1. The summed E-state index contributed by atoms with van der Waals surface area (Å²) < 4.78 is 5.00. The molecule has 0 spiro atoms. The van der Waals surface area contributed by atoms with Crippen LogP contribution in [0.5, 0.6) is 0 Å². The number of rotatable bonds is 10. The van der Waals surface area contributed by atoms with Gasteiger partial charge in [-0.3, -0.25) is 19.5 Å². The van der Waals surface area contributed by atoms with Crippen LogP contribution in [-0.4, -0.2) is 51.0 Å². The maximum absolute atomic E-state index is 12.6. The maximum Gasteiger partial charge on any atom is 0.312 e. The van der Waals surface area contributed by atoms with E-state index in [0.717, 1.165) is 16.7 Å². The highest BCUT2D eigenvalue weighted by atomic mass is 16.5. The van der Waals surface area contributed by atoms with Crippen molar-refractivity contribution >= 4 is 17.8 Å². The average molecular weight is 450 g/mol. The Hall–Kier alpha value is -4.01. The molecular weight excluding hydrogens is 424 g/mol. The van der Waals surface area contributed by atoms with Crippen molar-refractivity contribution in [3.05, 3.63) is 72.1 Å². The summed E-state index contributed by atoms with van der Waals surface area (Å²) >= 11 is 0. The molecule has 172 valence electrons. The van der Waals surface area contributed by atoms with E-state index in [2.05, 4.69) is 20.7 Å². The first-order valence-electron chi connectivity index (χ1n) is 10.4. The zero-order chi connectivity index (χ0) is 23.8. The normalized spacial score (nSPS) is 13.5. The molecule has 9 heteroatoms. The van der Waals surface area contributed by atoms with Crippen molar-refractivity contribution < 1.29 is 24.2 Å². The van der Waals surface area contributed by atoms with Gasteiger partial charge in [0.15, 0.2) is 0 Å². The van der Waals surface area contributed by atoms with Crippen LogP contribution in [0, 0.1) is 5.41 Å². The predicted octanol–water partition coefficient (Wildman–Crippen LogP) is 2.86. The molecule has 1 heterocycles. The third-order valence-corrected chi connectivity index (χ3v) is 5.35. The molecule has 2 aromatic carbocycles. The van der Waals surface area contributed by atoms with E-state index in [1.807, 2.05) is 54.6 Å². The molecule has 3 aromatic rings. The van der Waals surface area contributed by atoms with Gasteiger partial charge in [0.1, 0.15) is 17.7 Å². The summed E-state index contributed by atoms with van der Waals surface area (Å²) in [6, 6.07) is 17.2. The second kappa shape index (κ2) is 10.5. The molecule has 0 saturated heterocycles. The van der Waals surface area contributed by atoms with Crippen molar-refractivity contribution in [1.82, 2.24) is 20.7 Å². The number of carboxylic acids is 1. The lowest BCUT2D eigenvalue weighted by molar-refractivity contribution is -0.157. The van der Waals surface area contributed by atoms with Crippen LogP contribution in [0.4, 0.5) is 0 Å². The molecule has 1 aromatic heterocycles. The van der Waals surface area contributed by atoms with Crippen LogP contribution in [0.1, 0.15) is 36.3 Å². The molecule has 0 bridgehead atoms. The molecule has 0 fully saturated rings. The van der Waals surface area contributed by atoms with Crippen LogP contribution in [0.15, 0.2) is 60.8 Å². The van der Waals surface area contributed by atoms with Crippen molar-refractivity contribution in [1.29, 1.82) is 0 Å². The lowest BCUT2D eigenvalue weighted by Crippen LogP contribution is -2.44. The molecule has 3 N–H and O–H groups in total. The Balaban J connectivity index is 1.80. The number of amides is 1. The summed E-state index contributed by atoms with van der Waals surface area (Å²) in [5.41, 5.74) is 1.83. The smallest absolute Gasteiger partial charge is 0.312 e. The molecule has 9 nitrogen and oxygen atoms in total. The van der Waals surface area contributed by atoms with E-state index in [-0.39, 0.29) is 18.7 Å². The predicted molar refractivity (Wildman–Crippen MR) is 120 cm³/mol. The summed E-state index contributed by atoms with van der Waals surface area (Å²) in [6.45, 7) is 2.41. The number of aromatic amines is 1. The molecule has 1 amide bonds. The molecule has 0 aliphatic rings. The van der Waals surface area contributed by atoms with Crippen LogP contribution in [0.3, 0.4) is 0 Å². The first-order chi connectivity index (χ1) is 15.8. The average Bonchev–Trinajstić information content (AvgIpc) is 3.34. The van der Waals surface area contributed by atoms with Crippen LogP contribution in [0.25, 0.3) is 11.1 Å². The van der Waals surface area contributed by atoms with E-state index in [9.17, 15) is 19.5 Å². The van der Waals surface area contributed by atoms with Gasteiger partial charge < -0.3 is 15.2 Å². The number of esters is 1. The second-order valence-corrected chi connectivity index (χ2v) is 8.16. The van der Waals surface area contributed by atoms with Gasteiger partial charge in [-0.25, -0.2) is 0 Å². The summed E-state index contributed by atoms with van der Waals surface area (Å²) in [4.78, 5) is 35.9. The van der Waals surface area contributed by atoms with Crippen molar-refractivity contribution in [3.8, 4) is 11.1 Å². The number of benzene rings is 2. The van der Waals surface area contributed by atoms with Gasteiger partial charge in [0, 0.05) is 13.0 Å². The number of carbonyl (C=O) groups is 3. The Bertz CT molecular complexity index is 1080. The number of carbonyl (C=O) groups excluding carboxylic acids is 2. The van der Waals surface area contributed by atoms with Crippen molar-refractivity contribution in [2.45, 2.75) is 32.7 Å².